The molecule has 0 aliphatic rings. The maximum Gasteiger partial charge on any atom is 0.255 e. The van der Waals surface area contributed by atoms with Crippen molar-refractivity contribution in [3.8, 4) is 17.1 Å². The van der Waals surface area contributed by atoms with E-state index in [0.717, 1.165) is 0 Å². The number of hydrogen-bond donors (Lipinski definition) is 1. The number of nitrogens with zero attached hydrogens (tertiary/aromatic N) is 6. The highest BCUT2D eigenvalue weighted by atomic mass is 16.1. The summed E-state index contributed by atoms with van der Waals surface area (Å²) in [7, 11) is 1.59. The Morgan fingerprint density at radius 1 is 1.10 bits per heavy atom. The van der Waals surface area contributed by atoms with E-state index in [9.17, 15) is 9.59 Å². The fourth-order valence-electron chi connectivity index (χ4n) is 2.85. The van der Waals surface area contributed by atoms with Crippen molar-refractivity contribution < 1.29 is 4.79 Å². The number of aromatic nitrogens is 6. The number of hydrogen-bond acceptors (Lipinski definition) is 7. The van der Waals surface area contributed by atoms with Crippen molar-refractivity contribution in [2.24, 2.45) is 7.05 Å². The summed E-state index contributed by atoms with van der Waals surface area (Å²) in [6.45, 7) is -0.0359. The van der Waals surface area contributed by atoms with Crippen molar-refractivity contribution in [3.05, 3.63) is 83.3 Å². The third kappa shape index (κ3) is 3.79. The average Bonchev–Trinajstić information content (AvgIpc) is 3.30. The van der Waals surface area contributed by atoms with Gasteiger partial charge in [0.05, 0.1) is 23.6 Å². The first-order valence-corrected chi connectivity index (χ1v) is 8.84. The highest BCUT2D eigenvalue weighted by Gasteiger charge is 2.14. The fourth-order valence-corrected chi connectivity index (χ4v) is 2.85. The van der Waals surface area contributed by atoms with Crippen LogP contribution in [0.2, 0.25) is 0 Å². The molecule has 4 aromatic rings. The van der Waals surface area contributed by atoms with Crippen LogP contribution in [0.25, 0.3) is 17.1 Å². The third-order valence-electron chi connectivity index (χ3n) is 4.34. The Morgan fingerprint density at radius 3 is 2.72 bits per heavy atom. The fraction of sp³-hybridized carbons (Fsp3) is 0.100. The van der Waals surface area contributed by atoms with Gasteiger partial charge in [-0.25, -0.2) is 19.6 Å². The Balaban J connectivity index is 1.60. The second kappa shape index (κ2) is 7.85. The summed E-state index contributed by atoms with van der Waals surface area (Å²) in [5, 5.41) is 7.16. The molecule has 0 fully saturated rings. The molecule has 3 heterocycles. The molecule has 0 bridgehead atoms. The van der Waals surface area contributed by atoms with Gasteiger partial charge in [-0.3, -0.25) is 14.2 Å². The predicted octanol–water partition coefficient (Wildman–Crippen LogP) is 1.72. The average molecular weight is 387 g/mol. The van der Waals surface area contributed by atoms with Crippen LogP contribution in [0.1, 0.15) is 10.4 Å². The third-order valence-corrected chi connectivity index (χ3v) is 4.34. The molecule has 9 heteroatoms. The minimum atomic E-state index is -0.263. The standard InChI is InChI=1S/C20H17N7O2/c1-26-19(29)11-16(15-7-9-21-13-23-15)25-20(26)22-12-18(28)14-5-2-3-6-17(14)27-10-4-8-24-27/h2-11,13H,12H2,1H3,(H,22,25). The number of nitrogens with one attached hydrogen (secondary N) is 1. The summed E-state index contributed by atoms with van der Waals surface area (Å²) in [6.07, 6.45) is 6.38. The van der Waals surface area contributed by atoms with Crippen molar-refractivity contribution in [1.29, 1.82) is 0 Å². The molecule has 29 heavy (non-hydrogen) atoms. The number of carbonyl (C=O) groups excluding carboxylic acids is 1. The van der Waals surface area contributed by atoms with Crippen LogP contribution in [0, 0.1) is 0 Å². The first-order valence-electron chi connectivity index (χ1n) is 8.84. The van der Waals surface area contributed by atoms with Gasteiger partial charge in [-0.15, -0.1) is 0 Å². The van der Waals surface area contributed by atoms with Gasteiger partial charge in [-0.1, -0.05) is 12.1 Å². The highest BCUT2D eigenvalue weighted by molar-refractivity contribution is 6.01. The van der Waals surface area contributed by atoms with E-state index in [-0.39, 0.29) is 23.8 Å². The summed E-state index contributed by atoms with van der Waals surface area (Å²) in [5.74, 6) is 0.119. The van der Waals surface area contributed by atoms with Crippen LogP contribution >= 0.6 is 0 Å². The molecule has 9 nitrogen and oxygen atoms in total. The zero-order valence-corrected chi connectivity index (χ0v) is 15.6. The molecule has 0 atom stereocenters. The lowest BCUT2D eigenvalue weighted by Crippen LogP contribution is -2.25. The largest absolute Gasteiger partial charge is 0.348 e. The van der Waals surface area contributed by atoms with Gasteiger partial charge in [0.25, 0.3) is 5.56 Å². The van der Waals surface area contributed by atoms with E-state index < -0.39 is 0 Å². The maximum absolute atomic E-state index is 12.8. The van der Waals surface area contributed by atoms with E-state index >= 15 is 0 Å². The highest BCUT2D eigenvalue weighted by Crippen LogP contribution is 2.16. The Morgan fingerprint density at radius 2 is 1.97 bits per heavy atom. The number of para-hydroxylation sites is 1. The minimum absolute atomic E-state index is 0.0359. The van der Waals surface area contributed by atoms with Gasteiger partial charge in [-0.05, 0) is 24.3 Å². The zero-order valence-electron chi connectivity index (χ0n) is 15.6. The topological polar surface area (TPSA) is 108 Å². The Kier molecular flexibility index (Phi) is 4.93. The zero-order chi connectivity index (χ0) is 20.2. The molecule has 1 aromatic carbocycles. The first-order chi connectivity index (χ1) is 14.1. The second-order valence-corrected chi connectivity index (χ2v) is 6.20. The van der Waals surface area contributed by atoms with Crippen molar-refractivity contribution in [2.75, 3.05) is 11.9 Å². The van der Waals surface area contributed by atoms with Crippen molar-refractivity contribution in [1.82, 2.24) is 29.3 Å². The number of anilines is 1. The molecular weight excluding hydrogens is 370 g/mol. The summed E-state index contributed by atoms with van der Waals surface area (Å²) < 4.78 is 2.98. The van der Waals surface area contributed by atoms with Crippen LogP contribution in [-0.2, 0) is 7.05 Å². The molecule has 0 amide bonds. The number of ketones is 1. The van der Waals surface area contributed by atoms with Crippen LogP contribution in [0.4, 0.5) is 5.95 Å². The van der Waals surface area contributed by atoms with Crippen LogP contribution in [0.5, 0.6) is 0 Å². The van der Waals surface area contributed by atoms with Gasteiger partial charge in [0, 0.05) is 37.3 Å². The summed E-state index contributed by atoms with van der Waals surface area (Å²) >= 11 is 0. The molecule has 3 aromatic heterocycles. The Labute approximate surface area is 165 Å². The van der Waals surface area contributed by atoms with Crippen LogP contribution in [0.3, 0.4) is 0 Å². The Hall–Kier alpha value is -4.14. The molecule has 4 rings (SSSR count). The smallest absolute Gasteiger partial charge is 0.255 e. The maximum atomic E-state index is 12.8. The second-order valence-electron chi connectivity index (χ2n) is 6.20. The predicted molar refractivity (Wildman–Crippen MR) is 107 cm³/mol. The van der Waals surface area contributed by atoms with Crippen LogP contribution in [0.15, 0.2) is 72.2 Å². The van der Waals surface area contributed by atoms with Gasteiger partial charge in [0.2, 0.25) is 5.95 Å². The van der Waals surface area contributed by atoms with E-state index in [1.165, 1.54) is 17.0 Å². The number of benzene rings is 1. The minimum Gasteiger partial charge on any atom is -0.348 e. The SMILES string of the molecule is Cn1c(NCC(=O)c2ccccc2-n2cccn2)nc(-c2ccncn2)cc1=O. The first kappa shape index (κ1) is 18.2. The molecule has 1 N–H and O–H groups in total. The van der Waals surface area contributed by atoms with Gasteiger partial charge in [0.1, 0.15) is 6.33 Å². The lowest BCUT2D eigenvalue weighted by molar-refractivity contribution is 0.101. The molecule has 0 aliphatic carbocycles. The number of carbonyl (C=O) groups is 1. The van der Waals surface area contributed by atoms with E-state index in [2.05, 4.69) is 25.4 Å². The Bertz CT molecular complexity index is 1200. The van der Waals surface area contributed by atoms with Crippen molar-refractivity contribution in [3.63, 3.8) is 0 Å². The molecular formula is C20H17N7O2. The molecule has 0 saturated heterocycles. The molecule has 0 radical (unpaired) electrons. The monoisotopic (exact) mass is 387 g/mol. The van der Waals surface area contributed by atoms with Crippen LogP contribution in [-0.4, -0.2) is 41.6 Å². The summed E-state index contributed by atoms with van der Waals surface area (Å²) in [6, 6.07) is 12.0. The van der Waals surface area contributed by atoms with E-state index in [4.69, 9.17) is 0 Å². The molecule has 0 aliphatic heterocycles. The molecule has 0 unspecified atom stereocenters. The molecule has 144 valence electrons. The molecule has 0 spiro atoms. The summed E-state index contributed by atoms with van der Waals surface area (Å²) in [4.78, 5) is 37.6. The lowest BCUT2D eigenvalue weighted by Gasteiger charge is -2.12. The van der Waals surface area contributed by atoms with Gasteiger partial charge < -0.3 is 5.32 Å². The van der Waals surface area contributed by atoms with E-state index in [1.807, 2.05) is 12.1 Å². The normalized spacial score (nSPS) is 10.7. The van der Waals surface area contributed by atoms with E-state index in [1.54, 1.807) is 54.6 Å². The van der Waals surface area contributed by atoms with Crippen molar-refractivity contribution in [2.45, 2.75) is 0 Å². The van der Waals surface area contributed by atoms with Crippen molar-refractivity contribution >= 4 is 11.7 Å². The van der Waals surface area contributed by atoms with Gasteiger partial charge >= 0.3 is 0 Å². The van der Waals surface area contributed by atoms with Gasteiger partial charge in [0.15, 0.2) is 5.78 Å². The quantitative estimate of drug-likeness (QED) is 0.502. The van der Waals surface area contributed by atoms with Crippen LogP contribution < -0.4 is 10.9 Å². The van der Waals surface area contributed by atoms with Gasteiger partial charge in [-0.2, -0.15) is 5.10 Å². The van der Waals surface area contributed by atoms with E-state index in [0.29, 0.717) is 22.6 Å². The lowest BCUT2D eigenvalue weighted by atomic mass is 10.1. The number of Topliss-reactive ketones (excluding diaryl/α,β-unsaturated/α-hetero) is 1. The summed E-state index contributed by atoms with van der Waals surface area (Å²) in [5.41, 5.74) is 1.86. The number of rotatable bonds is 6. The molecule has 0 saturated carbocycles.